The number of imidazole rings is 1. The lowest BCUT2D eigenvalue weighted by atomic mass is 10.0. The van der Waals surface area contributed by atoms with Crippen molar-refractivity contribution in [3.63, 3.8) is 0 Å². The minimum absolute atomic E-state index is 0.147. The van der Waals surface area contributed by atoms with Crippen molar-refractivity contribution in [1.29, 1.82) is 0 Å². The Morgan fingerprint density at radius 2 is 2.03 bits per heavy atom. The summed E-state index contributed by atoms with van der Waals surface area (Å²) in [5.41, 5.74) is 5.03. The van der Waals surface area contributed by atoms with Crippen LogP contribution in [0.25, 0.3) is 16.9 Å². The molecule has 1 atom stereocenters. The molecule has 0 spiro atoms. The van der Waals surface area contributed by atoms with Gasteiger partial charge < -0.3 is 10.2 Å². The second-order valence-electron chi connectivity index (χ2n) is 7.68. The summed E-state index contributed by atoms with van der Waals surface area (Å²) < 4.78 is 15.8. The van der Waals surface area contributed by atoms with Gasteiger partial charge in [0.05, 0.1) is 23.6 Å². The molecule has 1 aromatic carbocycles. The van der Waals surface area contributed by atoms with Crippen molar-refractivity contribution in [2.45, 2.75) is 18.9 Å². The summed E-state index contributed by atoms with van der Waals surface area (Å²) in [6, 6.07) is 14.7. The number of fused-ring (bicyclic) bond motifs is 1. The van der Waals surface area contributed by atoms with Crippen LogP contribution in [0.15, 0.2) is 67.1 Å². The molecule has 1 amide bonds. The lowest BCUT2D eigenvalue weighted by molar-refractivity contribution is 0.0958. The van der Waals surface area contributed by atoms with Crippen molar-refractivity contribution in [1.82, 2.24) is 19.7 Å². The first-order valence-corrected chi connectivity index (χ1v) is 10.3. The zero-order chi connectivity index (χ0) is 21.4. The second kappa shape index (κ2) is 7.83. The van der Waals surface area contributed by atoms with Gasteiger partial charge in [-0.3, -0.25) is 14.2 Å². The first-order chi connectivity index (χ1) is 15.1. The molecule has 6 nitrogen and oxygen atoms in total. The van der Waals surface area contributed by atoms with E-state index in [0.29, 0.717) is 5.69 Å². The zero-order valence-electron chi connectivity index (χ0n) is 17.1. The van der Waals surface area contributed by atoms with Gasteiger partial charge in [-0.05, 0) is 54.8 Å². The van der Waals surface area contributed by atoms with E-state index in [2.05, 4.69) is 32.4 Å². The fraction of sp³-hybridized carbons (Fsp3) is 0.208. The number of pyridine rings is 2. The highest BCUT2D eigenvalue weighted by Crippen LogP contribution is 2.36. The van der Waals surface area contributed by atoms with E-state index >= 15 is 0 Å². The molecular formula is C24H22FN5O. The predicted octanol–water partition coefficient (Wildman–Crippen LogP) is 4.24. The quantitative estimate of drug-likeness (QED) is 0.542. The Bertz CT molecular complexity index is 1250. The Morgan fingerprint density at radius 1 is 1.13 bits per heavy atom. The molecule has 31 heavy (non-hydrogen) atoms. The van der Waals surface area contributed by atoms with Gasteiger partial charge >= 0.3 is 0 Å². The number of nitrogens with zero attached hydrogens (tertiary/aromatic N) is 4. The van der Waals surface area contributed by atoms with E-state index in [9.17, 15) is 9.18 Å². The predicted molar refractivity (Wildman–Crippen MR) is 118 cm³/mol. The Balaban J connectivity index is 1.51. The molecule has 0 saturated carbocycles. The minimum atomic E-state index is -0.218. The normalized spacial score (nSPS) is 16.1. The topological polar surface area (TPSA) is 62.5 Å². The maximum atomic E-state index is 13.8. The summed E-state index contributed by atoms with van der Waals surface area (Å²) in [5.74, 6) is -0.422. The van der Waals surface area contributed by atoms with Gasteiger partial charge in [0.25, 0.3) is 5.91 Å². The standard InChI is InChI=1S/C24H22FN5O/c1-26-24(31)20-9-7-17(13-27-20)22-14-28-23-10-8-19(15-30(22)23)29-11-3-6-21(29)16-4-2-5-18(25)12-16/h2,4-5,7-10,12-15,21H,3,6,11H2,1H3,(H,26,31). The van der Waals surface area contributed by atoms with Crippen molar-refractivity contribution in [3.8, 4) is 11.3 Å². The summed E-state index contributed by atoms with van der Waals surface area (Å²) in [6.07, 6.45) is 7.61. The lowest BCUT2D eigenvalue weighted by Gasteiger charge is -2.27. The van der Waals surface area contributed by atoms with Gasteiger partial charge in [0.2, 0.25) is 0 Å². The molecule has 1 aliphatic rings. The first kappa shape index (κ1) is 19.2. The van der Waals surface area contributed by atoms with Gasteiger partial charge in [-0.2, -0.15) is 0 Å². The van der Waals surface area contributed by atoms with Crippen molar-refractivity contribution in [3.05, 3.63) is 84.2 Å². The Morgan fingerprint density at radius 3 is 2.81 bits per heavy atom. The van der Waals surface area contributed by atoms with Gasteiger partial charge in [-0.1, -0.05) is 12.1 Å². The number of carbonyl (C=O) groups excluding carboxylic acids is 1. The molecule has 0 aliphatic carbocycles. The molecule has 4 heterocycles. The summed E-state index contributed by atoms with van der Waals surface area (Å²) in [4.78, 5) is 22.9. The zero-order valence-corrected chi connectivity index (χ0v) is 17.1. The maximum absolute atomic E-state index is 13.8. The van der Waals surface area contributed by atoms with Gasteiger partial charge in [-0.15, -0.1) is 0 Å². The molecule has 7 heteroatoms. The number of nitrogens with one attached hydrogen (secondary N) is 1. The second-order valence-corrected chi connectivity index (χ2v) is 7.68. The Hall–Kier alpha value is -3.74. The maximum Gasteiger partial charge on any atom is 0.269 e. The van der Waals surface area contributed by atoms with Crippen LogP contribution in [0.3, 0.4) is 0 Å². The smallest absolute Gasteiger partial charge is 0.269 e. The van der Waals surface area contributed by atoms with Gasteiger partial charge in [0.15, 0.2) is 0 Å². The van der Waals surface area contributed by atoms with Crippen molar-refractivity contribution in [2.24, 2.45) is 0 Å². The highest BCUT2D eigenvalue weighted by molar-refractivity contribution is 5.92. The monoisotopic (exact) mass is 415 g/mol. The van der Waals surface area contributed by atoms with Crippen LogP contribution in [0.5, 0.6) is 0 Å². The SMILES string of the molecule is CNC(=O)c1ccc(-c2cnc3ccc(N4CCCC4c4cccc(F)c4)cn23)cn1. The summed E-state index contributed by atoms with van der Waals surface area (Å²) >= 11 is 0. The molecule has 1 fully saturated rings. The van der Waals surface area contributed by atoms with Crippen LogP contribution in [0.2, 0.25) is 0 Å². The molecule has 0 radical (unpaired) electrons. The minimum Gasteiger partial charge on any atom is -0.363 e. The number of rotatable bonds is 4. The van der Waals surface area contributed by atoms with Crippen LogP contribution in [-0.2, 0) is 0 Å². The molecule has 1 aliphatic heterocycles. The van der Waals surface area contributed by atoms with Crippen LogP contribution in [0, 0.1) is 5.82 Å². The highest BCUT2D eigenvalue weighted by Gasteiger charge is 2.27. The molecule has 4 aromatic rings. The fourth-order valence-corrected chi connectivity index (χ4v) is 4.30. The fourth-order valence-electron chi connectivity index (χ4n) is 4.30. The number of amides is 1. The summed E-state index contributed by atoms with van der Waals surface area (Å²) in [5, 5.41) is 2.58. The lowest BCUT2D eigenvalue weighted by Crippen LogP contribution is -2.22. The van der Waals surface area contributed by atoms with Crippen LogP contribution >= 0.6 is 0 Å². The molecule has 5 rings (SSSR count). The van der Waals surface area contributed by atoms with E-state index in [-0.39, 0.29) is 17.8 Å². The van der Waals surface area contributed by atoms with E-state index in [0.717, 1.165) is 47.5 Å². The third kappa shape index (κ3) is 3.52. The molecule has 1 unspecified atom stereocenters. The van der Waals surface area contributed by atoms with Gasteiger partial charge in [-0.25, -0.2) is 9.37 Å². The van der Waals surface area contributed by atoms with Gasteiger partial charge in [0.1, 0.15) is 17.2 Å². The van der Waals surface area contributed by atoms with Crippen molar-refractivity contribution < 1.29 is 9.18 Å². The highest BCUT2D eigenvalue weighted by atomic mass is 19.1. The molecular weight excluding hydrogens is 393 g/mol. The number of anilines is 1. The summed E-state index contributed by atoms with van der Waals surface area (Å²) in [6.45, 7) is 0.916. The molecule has 156 valence electrons. The van der Waals surface area contributed by atoms with E-state index in [1.165, 1.54) is 6.07 Å². The van der Waals surface area contributed by atoms with E-state index in [1.54, 1.807) is 31.4 Å². The number of hydrogen-bond donors (Lipinski definition) is 1. The van der Waals surface area contributed by atoms with Crippen LogP contribution in [-0.4, -0.2) is 33.9 Å². The van der Waals surface area contributed by atoms with Crippen molar-refractivity contribution in [2.75, 3.05) is 18.5 Å². The van der Waals surface area contributed by atoms with Gasteiger partial charge in [0, 0.05) is 31.5 Å². The Labute approximate surface area is 179 Å². The van der Waals surface area contributed by atoms with Crippen LogP contribution in [0.1, 0.15) is 34.9 Å². The molecule has 3 aromatic heterocycles. The van der Waals surface area contributed by atoms with Crippen LogP contribution < -0.4 is 10.2 Å². The average molecular weight is 415 g/mol. The molecule has 1 saturated heterocycles. The van der Waals surface area contributed by atoms with Crippen molar-refractivity contribution >= 4 is 17.2 Å². The van der Waals surface area contributed by atoms with Crippen LogP contribution in [0.4, 0.5) is 10.1 Å². The first-order valence-electron chi connectivity index (χ1n) is 10.3. The largest absolute Gasteiger partial charge is 0.363 e. The molecule has 1 N–H and O–H groups in total. The number of hydrogen-bond acceptors (Lipinski definition) is 4. The van der Waals surface area contributed by atoms with E-state index in [1.807, 2.05) is 28.8 Å². The third-order valence-electron chi connectivity index (χ3n) is 5.83. The number of aromatic nitrogens is 3. The number of carbonyl (C=O) groups is 1. The number of benzene rings is 1. The van der Waals surface area contributed by atoms with E-state index in [4.69, 9.17) is 0 Å². The Kier molecular flexibility index (Phi) is 4.86. The molecule has 0 bridgehead atoms. The van der Waals surface area contributed by atoms with E-state index < -0.39 is 0 Å². The third-order valence-corrected chi connectivity index (χ3v) is 5.83. The summed E-state index contributed by atoms with van der Waals surface area (Å²) in [7, 11) is 1.58. The average Bonchev–Trinajstić information content (AvgIpc) is 3.45. The number of halogens is 1.